The minimum absolute atomic E-state index is 0.0316. The summed E-state index contributed by atoms with van der Waals surface area (Å²) >= 11 is 7.10. The first-order valence-electron chi connectivity index (χ1n) is 12.0. The maximum absolute atomic E-state index is 13.9. The third-order valence-electron chi connectivity index (χ3n) is 6.69. The van der Waals surface area contributed by atoms with E-state index in [4.69, 9.17) is 16.3 Å². The number of hydrogen-bond donors (Lipinski definition) is 3. The molecule has 2 atom stereocenters. The fourth-order valence-electron chi connectivity index (χ4n) is 4.96. The molecule has 2 aliphatic rings. The van der Waals surface area contributed by atoms with Gasteiger partial charge in [-0.15, -0.1) is 11.3 Å². The number of halogens is 1. The number of anilines is 1. The van der Waals surface area contributed by atoms with Crippen LogP contribution < -0.4 is 10.6 Å². The van der Waals surface area contributed by atoms with Gasteiger partial charge < -0.3 is 20.1 Å². The quantitative estimate of drug-likeness (QED) is 0.412. The smallest absolute Gasteiger partial charge is 0.412 e. The largest absolute Gasteiger partial charge is 0.477 e. The van der Waals surface area contributed by atoms with E-state index in [0.717, 1.165) is 16.9 Å². The summed E-state index contributed by atoms with van der Waals surface area (Å²) in [5.74, 6) is -1.98. The van der Waals surface area contributed by atoms with Crippen LogP contribution in [0, 0.1) is 0 Å². The van der Waals surface area contributed by atoms with E-state index in [0.29, 0.717) is 35.7 Å². The number of carboxylic acids is 1. The first kappa shape index (κ1) is 25.7. The molecular formula is C27H24ClN3O6S. The molecule has 0 radical (unpaired) electrons. The molecule has 11 heteroatoms. The zero-order chi connectivity index (χ0) is 26.9. The van der Waals surface area contributed by atoms with Crippen LogP contribution in [0.25, 0.3) is 0 Å². The Kier molecular flexibility index (Phi) is 7.09. The standard InChI is InChI=1S/C27H24ClN3O6S/c28-17-7-8-19-18(14-17)27(37-26(36)30-19)11-4-12-31(15-27)24(33)20(13-16-5-2-1-3-6-16)29-23(32)21-9-10-22(38-21)25(34)35/h1-3,5-10,14,20H,4,11-13,15H2,(H,29,32)(H,30,36)(H,34,35)/t20-,27?/m0/s1. The Morgan fingerprint density at radius 2 is 1.89 bits per heavy atom. The van der Waals surface area contributed by atoms with Crippen LogP contribution in [0.15, 0.2) is 60.7 Å². The molecule has 0 bridgehead atoms. The summed E-state index contributed by atoms with van der Waals surface area (Å²) < 4.78 is 5.81. The molecule has 1 spiro atoms. The number of aromatic carboxylic acids is 1. The van der Waals surface area contributed by atoms with Gasteiger partial charge in [0.1, 0.15) is 10.9 Å². The number of carboxylic acid groups (broad SMARTS) is 1. The van der Waals surface area contributed by atoms with Crippen molar-refractivity contribution in [1.29, 1.82) is 0 Å². The first-order chi connectivity index (χ1) is 18.2. The summed E-state index contributed by atoms with van der Waals surface area (Å²) in [6.07, 6.45) is 0.718. The molecule has 3 amide bonds. The Morgan fingerprint density at radius 3 is 2.63 bits per heavy atom. The number of ether oxygens (including phenoxy) is 1. The molecule has 0 aliphatic carbocycles. The van der Waals surface area contributed by atoms with E-state index < -0.39 is 29.6 Å². The average molecular weight is 554 g/mol. The zero-order valence-electron chi connectivity index (χ0n) is 20.1. The van der Waals surface area contributed by atoms with Crippen LogP contribution in [0.1, 0.15) is 43.3 Å². The number of carbonyl (C=O) groups is 4. The van der Waals surface area contributed by atoms with Gasteiger partial charge in [0.2, 0.25) is 5.91 Å². The Bertz CT molecular complexity index is 1410. The van der Waals surface area contributed by atoms with Crippen molar-refractivity contribution in [2.75, 3.05) is 18.4 Å². The van der Waals surface area contributed by atoms with Crippen LogP contribution in [0.3, 0.4) is 0 Å². The number of thiophene rings is 1. The van der Waals surface area contributed by atoms with E-state index in [2.05, 4.69) is 10.6 Å². The Hall–Kier alpha value is -3.89. The molecule has 1 fully saturated rings. The molecule has 3 heterocycles. The fourth-order valence-corrected chi connectivity index (χ4v) is 5.88. The predicted molar refractivity (Wildman–Crippen MR) is 142 cm³/mol. The van der Waals surface area contributed by atoms with Crippen LogP contribution in [-0.2, 0) is 21.6 Å². The molecule has 3 aromatic rings. The number of fused-ring (bicyclic) bond motifs is 2. The number of hydrogen-bond acceptors (Lipinski definition) is 6. The second-order valence-corrected chi connectivity index (χ2v) is 10.8. The highest BCUT2D eigenvalue weighted by molar-refractivity contribution is 7.15. The first-order valence-corrected chi connectivity index (χ1v) is 13.2. The van der Waals surface area contributed by atoms with Gasteiger partial charge >= 0.3 is 12.1 Å². The van der Waals surface area contributed by atoms with Gasteiger partial charge in [-0.3, -0.25) is 14.9 Å². The molecule has 9 nitrogen and oxygen atoms in total. The number of piperidine rings is 1. The fraction of sp³-hybridized carbons (Fsp3) is 0.259. The summed E-state index contributed by atoms with van der Waals surface area (Å²) in [6.45, 7) is 0.528. The van der Waals surface area contributed by atoms with Gasteiger partial charge in [-0.05, 0) is 48.7 Å². The van der Waals surface area contributed by atoms with Crippen molar-refractivity contribution >= 4 is 52.5 Å². The van der Waals surface area contributed by atoms with E-state index in [-0.39, 0.29) is 28.6 Å². The lowest BCUT2D eigenvalue weighted by atomic mass is 9.83. The molecule has 38 heavy (non-hydrogen) atoms. The molecular weight excluding hydrogens is 530 g/mol. The lowest BCUT2D eigenvalue weighted by Gasteiger charge is -2.45. The molecule has 1 saturated heterocycles. The summed E-state index contributed by atoms with van der Waals surface area (Å²) in [4.78, 5) is 52.5. The summed E-state index contributed by atoms with van der Waals surface area (Å²) in [5, 5.41) is 15.2. The van der Waals surface area contributed by atoms with Crippen LogP contribution in [0.5, 0.6) is 0 Å². The van der Waals surface area contributed by atoms with Gasteiger partial charge in [-0.1, -0.05) is 41.9 Å². The van der Waals surface area contributed by atoms with Crippen LogP contribution in [-0.4, -0.2) is 53.0 Å². The van der Waals surface area contributed by atoms with Gasteiger partial charge in [0.15, 0.2) is 5.60 Å². The van der Waals surface area contributed by atoms with Gasteiger partial charge in [-0.25, -0.2) is 9.59 Å². The third-order valence-corrected chi connectivity index (χ3v) is 8.00. The number of benzene rings is 2. The van der Waals surface area contributed by atoms with Crippen molar-refractivity contribution in [3.05, 3.63) is 86.6 Å². The summed E-state index contributed by atoms with van der Waals surface area (Å²) in [5.41, 5.74) is 1.06. The Morgan fingerprint density at radius 1 is 1.13 bits per heavy atom. The third kappa shape index (κ3) is 5.23. The Labute approximate surface area is 227 Å². The van der Waals surface area contributed by atoms with E-state index in [9.17, 15) is 24.3 Å². The van der Waals surface area contributed by atoms with E-state index >= 15 is 0 Å². The van der Waals surface area contributed by atoms with E-state index in [1.165, 1.54) is 12.1 Å². The number of nitrogens with zero attached hydrogens (tertiary/aromatic N) is 1. The van der Waals surface area contributed by atoms with Gasteiger partial charge in [-0.2, -0.15) is 0 Å². The predicted octanol–water partition coefficient (Wildman–Crippen LogP) is 4.52. The molecule has 2 aromatic carbocycles. The molecule has 1 aromatic heterocycles. The maximum atomic E-state index is 13.9. The molecule has 3 N–H and O–H groups in total. The molecule has 0 saturated carbocycles. The normalized spacial score (nSPS) is 19.2. The highest BCUT2D eigenvalue weighted by Gasteiger charge is 2.47. The van der Waals surface area contributed by atoms with E-state index in [1.807, 2.05) is 30.3 Å². The lowest BCUT2D eigenvalue weighted by Crippen LogP contribution is -2.57. The van der Waals surface area contributed by atoms with Crippen molar-refractivity contribution in [2.24, 2.45) is 0 Å². The monoisotopic (exact) mass is 553 g/mol. The highest BCUT2D eigenvalue weighted by atomic mass is 35.5. The minimum Gasteiger partial charge on any atom is -0.477 e. The van der Waals surface area contributed by atoms with Gasteiger partial charge in [0.25, 0.3) is 5.91 Å². The number of rotatable bonds is 6. The van der Waals surface area contributed by atoms with Crippen LogP contribution >= 0.6 is 22.9 Å². The second kappa shape index (κ2) is 10.5. The van der Waals surface area contributed by atoms with Crippen LogP contribution in [0.4, 0.5) is 10.5 Å². The number of amides is 3. The number of nitrogens with one attached hydrogen (secondary N) is 2. The van der Waals surface area contributed by atoms with Crippen molar-refractivity contribution < 1.29 is 29.0 Å². The van der Waals surface area contributed by atoms with Crippen LogP contribution in [0.2, 0.25) is 5.02 Å². The molecule has 5 rings (SSSR count). The topological polar surface area (TPSA) is 125 Å². The van der Waals surface area contributed by atoms with Crippen molar-refractivity contribution in [3.63, 3.8) is 0 Å². The second-order valence-electron chi connectivity index (χ2n) is 9.25. The molecule has 196 valence electrons. The SMILES string of the molecule is O=C1Nc2ccc(Cl)cc2C2(CCCN(C(=O)[C@H](Cc3ccccc3)NC(=O)c3ccc(C(=O)O)s3)C2)O1. The van der Waals surface area contributed by atoms with Gasteiger partial charge in [0, 0.05) is 23.6 Å². The van der Waals surface area contributed by atoms with Crippen molar-refractivity contribution in [2.45, 2.75) is 30.9 Å². The highest BCUT2D eigenvalue weighted by Crippen LogP contribution is 2.43. The van der Waals surface area contributed by atoms with Crippen molar-refractivity contribution in [1.82, 2.24) is 10.2 Å². The average Bonchev–Trinajstić information content (AvgIpc) is 3.40. The lowest BCUT2D eigenvalue weighted by molar-refractivity contribution is -0.141. The maximum Gasteiger partial charge on any atom is 0.412 e. The van der Waals surface area contributed by atoms with E-state index in [1.54, 1.807) is 23.1 Å². The van der Waals surface area contributed by atoms with Gasteiger partial charge in [0.05, 0.1) is 17.1 Å². The molecule has 2 aliphatic heterocycles. The summed E-state index contributed by atoms with van der Waals surface area (Å²) in [7, 11) is 0. The molecule has 1 unspecified atom stereocenters. The number of carbonyl (C=O) groups excluding carboxylic acids is 3. The van der Waals surface area contributed by atoms with Crippen molar-refractivity contribution in [3.8, 4) is 0 Å². The number of likely N-dealkylation sites (tertiary alicyclic amines) is 1. The summed E-state index contributed by atoms with van der Waals surface area (Å²) in [6, 6.07) is 16.3. The minimum atomic E-state index is -1.12. The zero-order valence-corrected chi connectivity index (χ0v) is 21.7. The Balaban J connectivity index is 1.42.